The molecule has 4 rings (SSSR count). The zero-order valence-electron chi connectivity index (χ0n) is 12.8. The van der Waals surface area contributed by atoms with Crippen molar-refractivity contribution < 1.29 is 9.52 Å². The van der Waals surface area contributed by atoms with Gasteiger partial charge in [-0.2, -0.15) is 4.73 Å². The number of fused-ring (bicyclic) bond motifs is 3. The number of aromatic nitrogens is 2. The third-order valence-electron chi connectivity index (χ3n) is 4.62. The number of para-hydroxylation sites is 1. The van der Waals surface area contributed by atoms with E-state index in [0.29, 0.717) is 16.8 Å². The Morgan fingerprint density at radius 1 is 1.30 bits per heavy atom. The second-order valence-electron chi connectivity index (χ2n) is 5.94. The van der Waals surface area contributed by atoms with E-state index in [1.54, 1.807) is 12.1 Å². The van der Waals surface area contributed by atoms with Crippen molar-refractivity contribution in [2.75, 3.05) is 6.54 Å². The second-order valence-corrected chi connectivity index (χ2v) is 5.94. The van der Waals surface area contributed by atoms with Crippen LogP contribution >= 0.6 is 0 Å². The minimum absolute atomic E-state index is 0.0426. The van der Waals surface area contributed by atoms with Gasteiger partial charge in [0.15, 0.2) is 12.4 Å². The van der Waals surface area contributed by atoms with E-state index in [-0.39, 0.29) is 11.9 Å². The molecule has 0 saturated carbocycles. The standard InChI is InChI=1S/C18H17N3O2/c1-12-17-15(14-6-2-3-7-16(14)19-17)8-10-21(12)18(22)13-5-4-9-20(23)11-13/h2-7,9,11-12,19H,8,10H2,1H3/t12-/m1/s1. The Morgan fingerprint density at radius 2 is 2.13 bits per heavy atom. The lowest BCUT2D eigenvalue weighted by Crippen LogP contribution is -2.40. The largest absolute Gasteiger partial charge is 0.619 e. The van der Waals surface area contributed by atoms with Crippen LogP contribution in [0.1, 0.15) is 34.6 Å². The number of hydrogen-bond donors (Lipinski definition) is 1. The van der Waals surface area contributed by atoms with E-state index in [2.05, 4.69) is 17.1 Å². The van der Waals surface area contributed by atoms with Crippen molar-refractivity contribution in [3.63, 3.8) is 0 Å². The van der Waals surface area contributed by atoms with Crippen molar-refractivity contribution in [3.8, 4) is 0 Å². The highest BCUT2D eigenvalue weighted by molar-refractivity contribution is 5.94. The Kier molecular flexibility index (Phi) is 3.08. The van der Waals surface area contributed by atoms with Crippen LogP contribution in [0.25, 0.3) is 10.9 Å². The smallest absolute Gasteiger partial charge is 0.260 e. The van der Waals surface area contributed by atoms with Crippen LogP contribution in [-0.4, -0.2) is 22.3 Å². The van der Waals surface area contributed by atoms with E-state index in [1.807, 2.05) is 24.0 Å². The van der Waals surface area contributed by atoms with Crippen LogP contribution < -0.4 is 4.73 Å². The molecule has 1 aliphatic rings. The van der Waals surface area contributed by atoms with E-state index in [1.165, 1.54) is 23.3 Å². The molecule has 3 aromatic rings. The summed E-state index contributed by atoms with van der Waals surface area (Å²) in [5.74, 6) is -0.105. The Balaban J connectivity index is 1.72. The molecule has 5 nitrogen and oxygen atoms in total. The maximum absolute atomic E-state index is 12.7. The topological polar surface area (TPSA) is 63.0 Å². The van der Waals surface area contributed by atoms with Gasteiger partial charge in [-0.1, -0.05) is 18.2 Å². The summed E-state index contributed by atoms with van der Waals surface area (Å²) in [5.41, 5.74) is 3.92. The quantitative estimate of drug-likeness (QED) is 0.555. The van der Waals surface area contributed by atoms with Crippen molar-refractivity contribution in [1.82, 2.24) is 9.88 Å². The van der Waals surface area contributed by atoms with Gasteiger partial charge < -0.3 is 15.1 Å². The summed E-state index contributed by atoms with van der Waals surface area (Å²) in [7, 11) is 0. The highest BCUT2D eigenvalue weighted by atomic mass is 16.5. The number of nitrogens with one attached hydrogen (secondary N) is 1. The summed E-state index contributed by atoms with van der Waals surface area (Å²) >= 11 is 0. The van der Waals surface area contributed by atoms with Crippen LogP contribution in [0.5, 0.6) is 0 Å². The highest BCUT2D eigenvalue weighted by Gasteiger charge is 2.31. The average molecular weight is 307 g/mol. The highest BCUT2D eigenvalue weighted by Crippen LogP contribution is 2.34. The lowest BCUT2D eigenvalue weighted by Gasteiger charge is -2.33. The maximum Gasteiger partial charge on any atom is 0.260 e. The molecule has 3 heterocycles. The lowest BCUT2D eigenvalue weighted by atomic mass is 9.97. The molecule has 0 unspecified atom stereocenters. The monoisotopic (exact) mass is 307 g/mol. The van der Waals surface area contributed by atoms with Gasteiger partial charge in [0.2, 0.25) is 0 Å². The number of hydrogen-bond acceptors (Lipinski definition) is 2. The number of rotatable bonds is 1. The predicted molar refractivity (Wildman–Crippen MR) is 86.9 cm³/mol. The number of amides is 1. The summed E-state index contributed by atoms with van der Waals surface area (Å²) in [5, 5.41) is 12.6. The van der Waals surface area contributed by atoms with Crippen molar-refractivity contribution in [2.24, 2.45) is 0 Å². The molecule has 0 aliphatic carbocycles. The number of H-pyrrole nitrogens is 1. The molecule has 23 heavy (non-hydrogen) atoms. The summed E-state index contributed by atoms with van der Waals surface area (Å²) in [6.45, 7) is 2.68. The number of carbonyl (C=O) groups excluding carboxylic acids is 1. The van der Waals surface area contributed by atoms with Crippen LogP contribution in [0.4, 0.5) is 0 Å². The molecule has 1 N–H and O–H groups in total. The zero-order valence-corrected chi connectivity index (χ0v) is 12.8. The molecule has 1 aliphatic heterocycles. The minimum atomic E-state index is -0.105. The molecule has 0 fully saturated rings. The zero-order chi connectivity index (χ0) is 16.0. The minimum Gasteiger partial charge on any atom is -0.619 e. The molecule has 2 aromatic heterocycles. The first kappa shape index (κ1) is 13.8. The van der Waals surface area contributed by atoms with Gasteiger partial charge in [0, 0.05) is 29.2 Å². The van der Waals surface area contributed by atoms with Gasteiger partial charge in [0.05, 0.1) is 6.04 Å². The van der Waals surface area contributed by atoms with Gasteiger partial charge in [0.1, 0.15) is 5.56 Å². The Hall–Kier alpha value is -2.82. The molecule has 0 spiro atoms. The SMILES string of the molecule is C[C@@H]1c2[nH]c3ccccc3c2CCN1C(=O)c1ccc[n+]([O-])c1. The van der Waals surface area contributed by atoms with Crippen molar-refractivity contribution in [1.29, 1.82) is 0 Å². The second kappa shape index (κ2) is 5.12. The normalized spacial score (nSPS) is 17.3. The van der Waals surface area contributed by atoms with Crippen LogP contribution in [0, 0.1) is 5.21 Å². The number of pyridine rings is 1. The first-order valence-corrected chi connectivity index (χ1v) is 7.74. The average Bonchev–Trinajstić information content (AvgIpc) is 2.94. The van der Waals surface area contributed by atoms with Gasteiger partial charge in [-0.3, -0.25) is 4.79 Å². The van der Waals surface area contributed by atoms with E-state index in [9.17, 15) is 10.0 Å². The number of nitrogens with zero attached hydrogens (tertiary/aromatic N) is 2. The Labute approximate surface area is 133 Å². The van der Waals surface area contributed by atoms with Crippen LogP contribution in [0.3, 0.4) is 0 Å². The molecule has 116 valence electrons. The molecule has 0 radical (unpaired) electrons. The van der Waals surface area contributed by atoms with Crippen molar-refractivity contribution in [3.05, 3.63) is 70.8 Å². The molecule has 0 bridgehead atoms. The third-order valence-corrected chi connectivity index (χ3v) is 4.62. The van der Waals surface area contributed by atoms with Gasteiger partial charge in [-0.05, 0) is 31.0 Å². The molecule has 1 aromatic carbocycles. The maximum atomic E-state index is 12.7. The third kappa shape index (κ3) is 2.16. The van der Waals surface area contributed by atoms with Crippen molar-refractivity contribution >= 4 is 16.8 Å². The molecule has 0 saturated heterocycles. The molecule has 1 amide bonds. The molecular formula is C18H17N3O2. The van der Waals surface area contributed by atoms with Crippen LogP contribution in [0.2, 0.25) is 0 Å². The number of aromatic amines is 1. The van der Waals surface area contributed by atoms with Gasteiger partial charge in [0.25, 0.3) is 5.91 Å². The first-order chi connectivity index (χ1) is 11.1. The molecule has 1 atom stereocenters. The Bertz CT molecular complexity index is 900. The summed E-state index contributed by atoms with van der Waals surface area (Å²) in [4.78, 5) is 18.0. The fourth-order valence-electron chi connectivity index (χ4n) is 3.45. The summed E-state index contributed by atoms with van der Waals surface area (Å²) < 4.78 is 0.663. The number of benzene rings is 1. The lowest BCUT2D eigenvalue weighted by molar-refractivity contribution is -0.605. The number of carbonyl (C=O) groups is 1. The van der Waals surface area contributed by atoms with Crippen LogP contribution in [-0.2, 0) is 6.42 Å². The van der Waals surface area contributed by atoms with Crippen LogP contribution in [0.15, 0.2) is 48.8 Å². The fourth-order valence-corrected chi connectivity index (χ4v) is 3.45. The van der Waals surface area contributed by atoms with Gasteiger partial charge in [-0.15, -0.1) is 0 Å². The first-order valence-electron chi connectivity index (χ1n) is 7.74. The predicted octanol–water partition coefficient (Wildman–Crippen LogP) is 2.56. The van der Waals surface area contributed by atoms with E-state index in [0.717, 1.165) is 17.6 Å². The van der Waals surface area contributed by atoms with Gasteiger partial charge in [-0.25, -0.2) is 0 Å². The van der Waals surface area contributed by atoms with Crippen molar-refractivity contribution in [2.45, 2.75) is 19.4 Å². The summed E-state index contributed by atoms with van der Waals surface area (Å²) in [6, 6.07) is 11.5. The van der Waals surface area contributed by atoms with E-state index < -0.39 is 0 Å². The Morgan fingerprint density at radius 3 is 2.96 bits per heavy atom. The van der Waals surface area contributed by atoms with E-state index >= 15 is 0 Å². The molecule has 5 heteroatoms. The van der Waals surface area contributed by atoms with Gasteiger partial charge >= 0.3 is 0 Å². The molecular weight excluding hydrogens is 290 g/mol. The fraction of sp³-hybridized carbons (Fsp3) is 0.222. The summed E-state index contributed by atoms with van der Waals surface area (Å²) in [6.07, 6.45) is 3.53. The van der Waals surface area contributed by atoms with E-state index in [4.69, 9.17) is 0 Å².